The van der Waals surface area contributed by atoms with E-state index in [2.05, 4.69) is 36.5 Å². The van der Waals surface area contributed by atoms with Crippen molar-refractivity contribution < 1.29 is 0 Å². The van der Waals surface area contributed by atoms with Crippen LogP contribution >= 0.6 is 11.3 Å². The highest BCUT2D eigenvalue weighted by atomic mass is 32.1. The summed E-state index contributed by atoms with van der Waals surface area (Å²) in [5.74, 6) is 0.811. The molecule has 2 nitrogen and oxygen atoms in total. The van der Waals surface area contributed by atoms with Gasteiger partial charge in [-0.25, -0.2) is 4.98 Å². The van der Waals surface area contributed by atoms with Gasteiger partial charge in [0.1, 0.15) is 0 Å². The molecule has 1 atom stereocenters. The van der Waals surface area contributed by atoms with Crippen LogP contribution in [0.25, 0.3) is 0 Å². The van der Waals surface area contributed by atoms with Crippen molar-refractivity contribution in [1.82, 2.24) is 10.3 Å². The second kappa shape index (κ2) is 6.14. The van der Waals surface area contributed by atoms with E-state index >= 15 is 0 Å². The Balaban J connectivity index is 2.13. The predicted octanol–water partition coefficient (Wildman–Crippen LogP) is 3.23. The van der Waals surface area contributed by atoms with Crippen LogP contribution in [0.2, 0.25) is 0 Å². The standard InChI is InChI=1S/C11H20N2S/c1-9(2)5-4-6-12-10(3)11-7-14-8-13-11/h7-10,12H,4-6H2,1-3H3. The SMILES string of the molecule is CC(C)CCCNC(C)c1cscn1. The van der Waals surface area contributed by atoms with Crippen LogP contribution in [0.1, 0.15) is 45.3 Å². The molecule has 80 valence electrons. The van der Waals surface area contributed by atoms with E-state index in [-0.39, 0.29) is 0 Å². The zero-order chi connectivity index (χ0) is 10.4. The van der Waals surface area contributed by atoms with Gasteiger partial charge in [-0.15, -0.1) is 11.3 Å². The second-order valence-electron chi connectivity index (χ2n) is 4.13. The minimum atomic E-state index is 0.397. The third-order valence-corrected chi connectivity index (χ3v) is 2.91. The lowest BCUT2D eigenvalue weighted by molar-refractivity contribution is 0.494. The largest absolute Gasteiger partial charge is 0.309 e. The van der Waals surface area contributed by atoms with E-state index in [0.717, 1.165) is 12.5 Å². The molecule has 1 aromatic heterocycles. The number of nitrogens with zero attached hydrogens (tertiary/aromatic N) is 1. The Morgan fingerprint density at radius 1 is 1.43 bits per heavy atom. The highest BCUT2D eigenvalue weighted by Gasteiger charge is 2.05. The van der Waals surface area contributed by atoms with Gasteiger partial charge in [0.25, 0.3) is 0 Å². The fraction of sp³-hybridized carbons (Fsp3) is 0.727. The number of nitrogens with one attached hydrogen (secondary N) is 1. The maximum Gasteiger partial charge on any atom is 0.0795 e. The van der Waals surface area contributed by atoms with Crippen molar-refractivity contribution in [3.05, 3.63) is 16.6 Å². The van der Waals surface area contributed by atoms with Gasteiger partial charge in [-0.2, -0.15) is 0 Å². The molecule has 0 bridgehead atoms. The fourth-order valence-corrected chi connectivity index (χ4v) is 2.02. The van der Waals surface area contributed by atoms with Crippen LogP contribution in [0, 0.1) is 5.92 Å². The first-order valence-corrected chi connectivity index (χ1v) is 6.26. The molecule has 3 heteroatoms. The van der Waals surface area contributed by atoms with Crippen LogP contribution in [0.3, 0.4) is 0 Å². The topological polar surface area (TPSA) is 24.9 Å². The molecule has 0 radical (unpaired) electrons. The summed E-state index contributed by atoms with van der Waals surface area (Å²) in [4.78, 5) is 4.29. The molecular weight excluding hydrogens is 192 g/mol. The summed E-state index contributed by atoms with van der Waals surface area (Å²) in [6.45, 7) is 7.80. The molecule has 0 amide bonds. The van der Waals surface area contributed by atoms with E-state index in [1.54, 1.807) is 11.3 Å². The van der Waals surface area contributed by atoms with Crippen LogP contribution in [0.15, 0.2) is 10.9 Å². The first-order valence-electron chi connectivity index (χ1n) is 5.31. The molecule has 1 unspecified atom stereocenters. The van der Waals surface area contributed by atoms with Crippen molar-refractivity contribution in [1.29, 1.82) is 0 Å². The van der Waals surface area contributed by atoms with Gasteiger partial charge in [-0.1, -0.05) is 13.8 Å². The van der Waals surface area contributed by atoms with Crippen LogP contribution in [-0.4, -0.2) is 11.5 Å². The van der Waals surface area contributed by atoms with Gasteiger partial charge in [0.15, 0.2) is 0 Å². The van der Waals surface area contributed by atoms with E-state index < -0.39 is 0 Å². The number of aromatic nitrogens is 1. The first-order chi connectivity index (χ1) is 6.70. The van der Waals surface area contributed by atoms with Gasteiger partial charge < -0.3 is 5.32 Å². The van der Waals surface area contributed by atoms with E-state index in [1.165, 1.54) is 18.5 Å². The van der Waals surface area contributed by atoms with Crippen molar-refractivity contribution in [2.24, 2.45) is 5.92 Å². The van der Waals surface area contributed by atoms with Crippen LogP contribution in [-0.2, 0) is 0 Å². The Labute approximate surface area is 90.8 Å². The van der Waals surface area contributed by atoms with Crippen molar-refractivity contribution in [3.63, 3.8) is 0 Å². The van der Waals surface area contributed by atoms with Crippen LogP contribution in [0.5, 0.6) is 0 Å². The average Bonchev–Trinajstić information content (AvgIpc) is 2.64. The number of rotatable bonds is 6. The zero-order valence-electron chi connectivity index (χ0n) is 9.29. The van der Waals surface area contributed by atoms with E-state index in [9.17, 15) is 0 Å². The van der Waals surface area contributed by atoms with Gasteiger partial charge in [-0.05, 0) is 32.2 Å². The Morgan fingerprint density at radius 3 is 2.79 bits per heavy atom. The Bertz CT molecular complexity index is 231. The molecule has 1 N–H and O–H groups in total. The smallest absolute Gasteiger partial charge is 0.0795 e. The molecule has 14 heavy (non-hydrogen) atoms. The van der Waals surface area contributed by atoms with Gasteiger partial charge in [0.2, 0.25) is 0 Å². The third kappa shape index (κ3) is 4.20. The summed E-state index contributed by atoms with van der Waals surface area (Å²) in [5, 5.41) is 5.60. The van der Waals surface area contributed by atoms with E-state index in [1.807, 2.05) is 5.51 Å². The lowest BCUT2D eigenvalue weighted by Crippen LogP contribution is -2.20. The summed E-state index contributed by atoms with van der Waals surface area (Å²) in [5.41, 5.74) is 3.06. The first kappa shape index (κ1) is 11.7. The van der Waals surface area contributed by atoms with E-state index in [0.29, 0.717) is 6.04 Å². The molecule has 1 aromatic rings. The normalized spacial score (nSPS) is 13.4. The van der Waals surface area contributed by atoms with Crippen LogP contribution in [0.4, 0.5) is 0 Å². The van der Waals surface area contributed by atoms with Crippen molar-refractivity contribution in [2.75, 3.05) is 6.54 Å². The number of hydrogen-bond donors (Lipinski definition) is 1. The monoisotopic (exact) mass is 212 g/mol. The van der Waals surface area contributed by atoms with Gasteiger partial charge >= 0.3 is 0 Å². The second-order valence-corrected chi connectivity index (χ2v) is 4.84. The maximum atomic E-state index is 4.29. The summed E-state index contributed by atoms with van der Waals surface area (Å²) in [6.07, 6.45) is 2.56. The maximum absolute atomic E-state index is 4.29. The van der Waals surface area contributed by atoms with Gasteiger partial charge in [0.05, 0.1) is 11.2 Å². The zero-order valence-corrected chi connectivity index (χ0v) is 10.1. The molecule has 0 aliphatic rings. The quantitative estimate of drug-likeness (QED) is 0.732. The lowest BCUT2D eigenvalue weighted by atomic mass is 10.1. The molecule has 1 rings (SSSR count). The van der Waals surface area contributed by atoms with Crippen molar-refractivity contribution >= 4 is 11.3 Å². The molecular formula is C11H20N2S. The van der Waals surface area contributed by atoms with Gasteiger partial charge in [-0.3, -0.25) is 0 Å². The fourth-order valence-electron chi connectivity index (χ4n) is 1.37. The number of thiazole rings is 1. The summed E-state index contributed by atoms with van der Waals surface area (Å²) in [6, 6.07) is 0.397. The minimum Gasteiger partial charge on any atom is -0.309 e. The Morgan fingerprint density at radius 2 is 2.21 bits per heavy atom. The molecule has 0 aliphatic carbocycles. The average molecular weight is 212 g/mol. The Hall–Kier alpha value is -0.410. The van der Waals surface area contributed by atoms with Crippen molar-refractivity contribution in [3.8, 4) is 0 Å². The van der Waals surface area contributed by atoms with E-state index in [4.69, 9.17) is 0 Å². The number of hydrogen-bond acceptors (Lipinski definition) is 3. The van der Waals surface area contributed by atoms with Crippen LogP contribution < -0.4 is 5.32 Å². The summed E-state index contributed by atoms with van der Waals surface area (Å²) < 4.78 is 0. The lowest BCUT2D eigenvalue weighted by Gasteiger charge is -2.11. The summed E-state index contributed by atoms with van der Waals surface area (Å²) in [7, 11) is 0. The van der Waals surface area contributed by atoms with Gasteiger partial charge in [0, 0.05) is 11.4 Å². The molecule has 0 spiro atoms. The highest BCUT2D eigenvalue weighted by Crippen LogP contribution is 2.12. The Kier molecular flexibility index (Phi) is 5.12. The highest BCUT2D eigenvalue weighted by molar-refractivity contribution is 7.07. The molecule has 1 heterocycles. The molecule has 0 aliphatic heterocycles. The predicted molar refractivity (Wildman–Crippen MR) is 62.6 cm³/mol. The molecule has 0 saturated carbocycles. The molecule has 0 fully saturated rings. The molecule has 0 aromatic carbocycles. The summed E-state index contributed by atoms with van der Waals surface area (Å²) >= 11 is 1.66. The minimum absolute atomic E-state index is 0.397. The van der Waals surface area contributed by atoms with Crippen molar-refractivity contribution in [2.45, 2.75) is 39.7 Å². The third-order valence-electron chi connectivity index (χ3n) is 2.30. The molecule has 0 saturated heterocycles.